The van der Waals surface area contributed by atoms with Crippen molar-refractivity contribution in [2.45, 2.75) is 11.1 Å². The summed E-state index contributed by atoms with van der Waals surface area (Å²) in [5.41, 5.74) is 0.547. The summed E-state index contributed by atoms with van der Waals surface area (Å²) < 4.78 is 58.6. The van der Waals surface area contributed by atoms with Crippen LogP contribution in [0.25, 0.3) is 11.1 Å². The predicted octanol–water partition coefficient (Wildman–Crippen LogP) is 3.34. The van der Waals surface area contributed by atoms with E-state index in [0.717, 1.165) is 12.1 Å². The molecule has 0 aliphatic heterocycles. The van der Waals surface area contributed by atoms with Crippen LogP contribution in [0.5, 0.6) is 0 Å². The molecule has 100 valence electrons. The van der Waals surface area contributed by atoms with Gasteiger partial charge in [-0.3, -0.25) is 0 Å². The Morgan fingerprint density at radius 3 is 1.53 bits per heavy atom. The molecule has 2 rings (SSSR count). The first kappa shape index (κ1) is 13.6. The van der Waals surface area contributed by atoms with E-state index in [1.807, 2.05) is 0 Å². The molecule has 0 bridgehead atoms. The summed E-state index contributed by atoms with van der Waals surface area (Å²) in [5.74, 6) is 0. The minimum atomic E-state index is -4.36. The Morgan fingerprint density at radius 2 is 1.16 bits per heavy atom. The Hall–Kier alpha value is -1.82. The molecule has 0 aliphatic rings. The highest BCUT2D eigenvalue weighted by Gasteiger charge is 2.29. The molecule has 2 nitrogen and oxygen atoms in total. The Morgan fingerprint density at radius 1 is 0.737 bits per heavy atom. The molecular formula is C13H9F3O2S. The number of halogens is 3. The minimum absolute atomic E-state index is 0.172. The number of benzene rings is 2. The van der Waals surface area contributed by atoms with E-state index in [1.165, 1.54) is 24.3 Å². The molecule has 2 aromatic rings. The fourth-order valence-electron chi connectivity index (χ4n) is 1.63. The third kappa shape index (κ3) is 3.14. The molecule has 0 unspecified atom stereocenters. The lowest BCUT2D eigenvalue weighted by molar-refractivity contribution is -0.137. The maximum absolute atomic E-state index is 12.4. The van der Waals surface area contributed by atoms with Crippen LogP contribution in [0.1, 0.15) is 5.56 Å². The van der Waals surface area contributed by atoms with Gasteiger partial charge in [0.1, 0.15) is 0 Å². The summed E-state index contributed by atoms with van der Waals surface area (Å²) >= 11 is 0. The van der Waals surface area contributed by atoms with E-state index in [2.05, 4.69) is 0 Å². The molecule has 0 saturated heterocycles. The summed E-state index contributed by atoms with van der Waals surface area (Å²) in [7, 11) is -2.65. The van der Waals surface area contributed by atoms with Crippen molar-refractivity contribution in [3.05, 3.63) is 54.1 Å². The van der Waals surface area contributed by atoms with Crippen LogP contribution < -0.4 is 0 Å². The molecule has 0 heterocycles. The first-order valence-electron chi connectivity index (χ1n) is 5.30. The summed E-state index contributed by atoms with van der Waals surface area (Å²) in [6.07, 6.45) is -4.36. The van der Waals surface area contributed by atoms with E-state index in [9.17, 15) is 21.6 Å². The van der Waals surface area contributed by atoms with Gasteiger partial charge in [0, 0.05) is 0 Å². The van der Waals surface area contributed by atoms with Gasteiger partial charge in [0.05, 0.1) is 10.5 Å². The summed E-state index contributed by atoms with van der Waals surface area (Å²) in [6, 6.07) is 10.7. The second-order valence-corrected chi connectivity index (χ2v) is 4.91. The van der Waals surface area contributed by atoms with E-state index in [4.69, 9.17) is 0 Å². The fraction of sp³-hybridized carbons (Fsp3) is 0.0769. The van der Waals surface area contributed by atoms with Crippen molar-refractivity contribution in [2.75, 3.05) is 0 Å². The maximum atomic E-state index is 12.4. The lowest BCUT2D eigenvalue weighted by Gasteiger charge is -2.07. The third-order valence-corrected chi connectivity index (χ3v) is 3.34. The smallest absolute Gasteiger partial charge is 0.227 e. The Balaban J connectivity index is 2.32. The average molecular weight is 286 g/mol. The van der Waals surface area contributed by atoms with Gasteiger partial charge >= 0.3 is 6.18 Å². The van der Waals surface area contributed by atoms with Crippen LogP contribution in [0.2, 0.25) is 0 Å². The molecule has 19 heavy (non-hydrogen) atoms. The second kappa shape index (κ2) is 5.05. The minimum Gasteiger partial charge on any atom is -0.227 e. The van der Waals surface area contributed by atoms with Crippen LogP contribution in [0.4, 0.5) is 13.2 Å². The van der Waals surface area contributed by atoms with Gasteiger partial charge in [-0.25, -0.2) is 8.42 Å². The van der Waals surface area contributed by atoms with Crippen LogP contribution in [0.15, 0.2) is 53.4 Å². The topological polar surface area (TPSA) is 34.1 Å². The van der Waals surface area contributed by atoms with E-state index < -0.39 is 22.4 Å². The summed E-state index contributed by atoms with van der Waals surface area (Å²) in [5, 5.41) is 0. The Labute approximate surface area is 109 Å². The number of thiol groups is 1. The SMILES string of the molecule is O=[SH](=O)c1ccc(-c2ccc(C(F)(F)F)cc2)cc1. The normalized spacial score (nSPS) is 11.8. The summed E-state index contributed by atoms with van der Waals surface area (Å²) in [4.78, 5) is 0.172. The van der Waals surface area contributed by atoms with Crippen molar-refractivity contribution < 1.29 is 21.6 Å². The standard InChI is InChI=1S/C13H9F3O2S/c14-13(15,16)11-5-1-9(2-6-11)10-3-7-12(8-4-10)19(17)18/h1-8,19H. The molecule has 0 aromatic heterocycles. The second-order valence-electron chi connectivity index (χ2n) is 3.88. The molecule has 0 aliphatic carbocycles. The lowest BCUT2D eigenvalue weighted by Crippen LogP contribution is -2.03. The van der Waals surface area contributed by atoms with E-state index >= 15 is 0 Å². The van der Waals surface area contributed by atoms with Gasteiger partial charge in [-0.1, -0.05) is 24.3 Å². The molecule has 0 saturated carbocycles. The molecule has 0 atom stereocenters. The number of hydrogen-bond acceptors (Lipinski definition) is 2. The van der Waals surface area contributed by atoms with E-state index in [0.29, 0.717) is 11.1 Å². The van der Waals surface area contributed by atoms with Crippen LogP contribution in [-0.4, -0.2) is 8.42 Å². The number of alkyl halides is 3. The molecule has 0 radical (unpaired) electrons. The molecule has 0 amide bonds. The molecule has 0 spiro atoms. The molecule has 0 fully saturated rings. The highest BCUT2D eigenvalue weighted by molar-refractivity contribution is 7.72. The van der Waals surface area contributed by atoms with Crippen molar-refractivity contribution in [2.24, 2.45) is 0 Å². The largest absolute Gasteiger partial charge is 0.416 e. The molecule has 0 N–H and O–H groups in total. The molecular weight excluding hydrogens is 277 g/mol. The zero-order valence-corrected chi connectivity index (χ0v) is 10.4. The number of hydrogen-bond donors (Lipinski definition) is 1. The van der Waals surface area contributed by atoms with Gasteiger partial charge < -0.3 is 0 Å². The molecule has 6 heteroatoms. The quantitative estimate of drug-likeness (QED) is 0.859. The van der Waals surface area contributed by atoms with E-state index in [1.54, 1.807) is 12.1 Å². The lowest BCUT2D eigenvalue weighted by atomic mass is 10.0. The van der Waals surface area contributed by atoms with Crippen LogP contribution in [-0.2, 0) is 16.9 Å². The highest BCUT2D eigenvalue weighted by atomic mass is 32.2. The highest BCUT2D eigenvalue weighted by Crippen LogP contribution is 2.31. The van der Waals surface area contributed by atoms with Gasteiger partial charge in [-0.05, 0) is 35.4 Å². The van der Waals surface area contributed by atoms with Gasteiger partial charge in [0.15, 0.2) is 10.7 Å². The predicted molar refractivity (Wildman–Crippen MR) is 65.5 cm³/mol. The van der Waals surface area contributed by atoms with Gasteiger partial charge in [0.25, 0.3) is 0 Å². The van der Waals surface area contributed by atoms with Crippen LogP contribution in [0.3, 0.4) is 0 Å². The maximum Gasteiger partial charge on any atom is 0.416 e. The van der Waals surface area contributed by atoms with Crippen molar-refractivity contribution in [3.8, 4) is 11.1 Å². The van der Waals surface area contributed by atoms with Gasteiger partial charge in [0.2, 0.25) is 0 Å². The zero-order valence-electron chi connectivity index (χ0n) is 9.52. The van der Waals surface area contributed by atoms with Crippen molar-refractivity contribution >= 4 is 10.7 Å². The first-order valence-corrected chi connectivity index (χ1v) is 6.48. The van der Waals surface area contributed by atoms with Crippen molar-refractivity contribution in [1.29, 1.82) is 0 Å². The van der Waals surface area contributed by atoms with Crippen molar-refractivity contribution in [1.82, 2.24) is 0 Å². The zero-order chi connectivity index (χ0) is 14.0. The fourth-order valence-corrected chi connectivity index (χ4v) is 2.02. The first-order chi connectivity index (χ1) is 8.88. The monoisotopic (exact) mass is 286 g/mol. The summed E-state index contributed by atoms with van der Waals surface area (Å²) in [6.45, 7) is 0. The van der Waals surface area contributed by atoms with Gasteiger partial charge in [-0.2, -0.15) is 13.2 Å². The Bertz CT molecular complexity index is 633. The van der Waals surface area contributed by atoms with Crippen molar-refractivity contribution in [3.63, 3.8) is 0 Å². The van der Waals surface area contributed by atoms with Crippen LogP contribution >= 0.6 is 0 Å². The molecule has 2 aromatic carbocycles. The average Bonchev–Trinajstić information content (AvgIpc) is 2.38. The van der Waals surface area contributed by atoms with E-state index in [-0.39, 0.29) is 4.90 Å². The number of rotatable bonds is 2. The Kier molecular flexibility index (Phi) is 3.61. The van der Waals surface area contributed by atoms with Gasteiger partial charge in [-0.15, -0.1) is 0 Å². The van der Waals surface area contributed by atoms with Crippen LogP contribution in [0, 0.1) is 0 Å². The third-order valence-electron chi connectivity index (χ3n) is 2.62.